The Balaban J connectivity index is 1.79. The molecule has 1 aliphatic rings. The number of hydrogen-bond acceptors (Lipinski definition) is 5. The second kappa shape index (κ2) is 7.75. The average molecular weight is 397 g/mol. The van der Waals surface area contributed by atoms with Gasteiger partial charge in [-0.1, -0.05) is 0 Å². The van der Waals surface area contributed by atoms with Crippen molar-refractivity contribution in [2.24, 2.45) is 0 Å². The fraction of sp³-hybridized carbons (Fsp3) is 0.500. The molecule has 1 amide bonds. The highest BCUT2D eigenvalue weighted by Crippen LogP contribution is 2.40. The van der Waals surface area contributed by atoms with Crippen LogP contribution in [0.25, 0.3) is 0 Å². The number of carbonyl (C=O) groups excluding carboxylic acids is 2. The minimum atomic E-state index is -2.71. The lowest BCUT2D eigenvalue weighted by Crippen LogP contribution is -2.22. The average Bonchev–Trinajstić information content (AvgIpc) is 3.29. The number of nitrogens with zero attached hydrogens (tertiary/aromatic N) is 2. The van der Waals surface area contributed by atoms with Gasteiger partial charge >= 0.3 is 5.97 Å². The van der Waals surface area contributed by atoms with Gasteiger partial charge in [-0.2, -0.15) is 5.10 Å². The molecule has 0 unspecified atom stereocenters. The number of carbonyl (C=O) groups is 2. The number of halogens is 2. The van der Waals surface area contributed by atoms with Gasteiger partial charge in [-0.15, -0.1) is 11.3 Å². The molecule has 27 heavy (non-hydrogen) atoms. The third-order valence-corrected chi connectivity index (χ3v) is 5.58. The number of alkyl halides is 2. The van der Waals surface area contributed by atoms with Crippen LogP contribution in [0.4, 0.5) is 13.8 Å². The first-order valence-electron chi connectivity index (χ1n) is 8.74. The van der Waals surface area contributed by atoms with E-state index in [4.69, 9.17) is 4.74 Å². The van der Waals surface area contributed by atoms with E-state index < -0.39 is 18.3 Å². The van der Waals surface area contributed by atoms with Crippen molar-refractivity contribution in [1.29, 1.82) is 0 Å². The lowest BCUT2D eigenvalue weighted by atomic mass is 10.1. The molecule has 1 saturated carbocycles. The van der Waals surface area contributed by atoms with Gasteiger partial charge in [0.15, 0.2) is 0 Å². The maximum atomic E-state index is 13.3. The number of amides is 1. The molecule has 0 aromatic carbocycles. The van der Waals surface area contributed by atoms with Crippen LogP contribution in [0.3, 0.4) is 0 Å². The number of ether oxygens (including phenoxy) is 1. The predicted octanol–water partition coefficient (Wildman–Crippen LogP) is 4.19. The number of thiophene rings is 1. The highest BCUT2D eigenvalue weighted by atomic mass is 32.1. The van der Waals surface area contributed by atoms with Crippen LogP contribution in [0.1, 0.15) is 64.3 Å². The Labute approximate surface area is 159 Å². The van der Waals surface area contributed by atoms with Gasteiger partial charge in [0.05, 0.1) is 17.9 Å². The zero-order valence-corrected chi connectivity index (χ0v) is 16.2. The van der Waals surface area contributed by atoms with Gasteiger partial charge in [-0.25, -0.2) is 13.6 Å². The number of hydrogen-bond donors (Lipinski definition) is 1. The summed E-state index contributed by atoms with van der Waals surface area (Å²) < 4.78 is 32.6. The molecule has 0 bridgehead atoms. The molecule has 1 N–H and O–H groups in total. The molecule has 146 valence electrons. The summed E-state index contributed by atoms with van der Waals surface area (Å²) in [6.07, 6.45) is -0.843. The third-order valence-electron chi connectivity index (χ3n) is 4.46. The molecule has 2 aromatic rings. The van der Waals surface area contributed by atoms with E-state index in [9.17, 15) is 18.4 Å². The minimum absolute atomic E-state index is 0.213. The van der Waals surface area contributed by atoms with E-state index in [2.05, 4.69) is 10.4 Å². The zero-order chi connectivity index (χ0) is 19.7. The van der Waals surface area contributed by atoms with Crippen molar-refractivity contribution in [3.63, 3.8) is 0 Å². The Morgan fingerprint density at radius 3 is 2.70 bits per heavy atom. The van der Waals surface area contributed by atoms with Gasteiger partial charge in [0.1, 0.15) is 17.2 Å². The Hall–Kier alpha value is -2.29. The van der Waals surface area contributed by atoms with Crippen LogP contribution in [-0.2, 0) is 16.1 Å². The van der Waals surface area contributed by atoms with E-state index in [0.29, 0.717) is 16.3 Å². The van der Waals surface area contributed by atoms with Crippen LogP contribution in [0.5, 0.6) is 0 Å². The highest BCUT2D eigenvalue weighted by Gasteiger charge is 2.30. The quantitative estimate of drug-likeness (QED) is 0.711. The molecular formula is C18H21F2N3O3S. The summed E-state index contributed by atoms with van der Waals surface area (Å²) in [5.41, 5.74) is 1.38. The first kappa shape index (κ1) is 19.5. The van der Waals surface area contributed by atoms with Gasteiger partial charge in [0.2, 0.25) is 5.91 Å². The van der Waals surface area contributed by atoms with Crippen molar-refractivity contribution in [3.05, 3.63) is 33.5 Å². The summed E-state index contributed by atoms with van der Waals surface area (Å²) in [6.45, 7) is 5.19. The molecule has 0 atom stereocenters. The summed E-state index contributed by atoms with van der Waals surface area (Å²) in [5.74, 6) is -0.822. The third kappa shape index (κ3) is 4.18. The second-order valence-electron chi connectivity index (χ2n) is 6.48. The van der Waals surface area contributed by atoms with Gasteiger partial charge in [0.25, 0.3) is 6.43 Å². The second-order valence-corrected chi connectivity index (χ2v) is 7.71. The summed E-state index contributed by atoms with van der Waals surface area (Å²) >= 11 is 1.25. The Kier molecular flexibility index (Phi) is 5.59. The van der Waals surface area contributed by atoms with Crippen LogP contribution >= 0.6 is 11.3 Å². The van der Waals surface area contributed by atoms with E-state index in [1.807, 2.05) is 6.92 Å². The molecule has 1 fully saturated rings. The molecule has 9 heteroatoms. The lowest BCUT2D eigenvalue weighted by Gasteiger charge is -2.09. The van der Waals surface area contributed by atoms with Crippen LogP contribution in [0.2, 0.25) is 0 Å². The Bertz CT molecular complexity index is 872. The fourth-order valence-electron chi connectivity index (χ4n) is 2.80. The van der Waals surface area contributed by atoms with Crippen LogP contribution < -0.4 is 5.32 Å². The van der Waals surface area contributed by atoms with Crippen molar-refractivity contribution < 1.29 is 23.1 Å². The molecular weight excluding hydrogens is 376 g/mol. The monoisotopic (exact) mass is 397 g/mol. The Morgan fingerprint density at radius 1 is 1.41 bits per heavy atom. The maximum Gasteiger partial charge on any atom is 0.341 e. The van der Waals surface area contributed by atoms with Crippen molar-refractivity contribution in [1.82, 2.24) is 9.78 Å². The van der Waals surface area contributed by atoms with E-state index in [0.717, 1.165) is 28.0 Å². The van der Waals surface area contributed by atoms with Gasteiger partial charge < -0.3 is 10.1 Å². The molecule has 2 heterocycles. The van der Waals surface area contributed by atoms with E-state index in [1.165, 1.54) is 17.4 Å². The fourth-order valence-corrected chi connectivity index (χ4v) is 3.86. The Morgan fingerprint density at radius 2 is 2.11 bits per heavy atom. The predicted molar refractivity (Wildman–Crippen MR) is 97.5 cm³/mol. The van der Waals surface area contributed by atoms with E-state index >= 15 is 0 Å². The first-order chi connectivity index (χ1) is 12.8. The molecule has 0 spiro atoms. The van der Waals surface area contributed by atoms with Gasteiger partial charge in [0, 0.05) is 10.8 Å². The van der Waals surface area contributed by atoms with Crippen molar-refractivity contribution in [2.75, 3.05) is 11.9 Å². The molecule has 3 rings (SSSR count). The molecule has 0 radical (unpaired) electrons. The normalized spacial score (nSPS) is 13.9. The smallest absolute Gasteiger partial charge is 0.341 e. The summed E-state index contributed by atoms with van der Waals surface area (Å²) in [5, 5.41) is 7.19. The van der Waals surface area contributed by atoms with Crippen LogP contribution in [0.15, 0.2) is 6.07 Å². The molecule has 0 saturated heterocycles. The standard InChI is InChI=1S/C18H21F2N3O3S/c1-4-26-18(25)15-9(2)10(3)27-17(15)21-14(24)8-23-13(16(19)20)7-12(22-23)11-5-6-11/h7,11,16H,4-6,8H2,1-3H3,(H,21,24). The van der Waals surface area contributed by atoms with Crippen molar-refractivity contribution >= 4 is 28.2 Å². The van der Waals surface area contributed by atoms with Crippen LogP contribution in [0, 0.1) is 13.8 Å². The SMILES string of the molecule is CCOC(=O)c1c(NC(=O)Cn2nc(C3CC3)cc2C(F)F)sc(C)c1C. The van der Waals surface area contributed by atoms with E-state index in [-0.39, 0.29) is 24.8 Å². The highest BCUT2D eigenvalue weighted by molar-refractivity contribution is 7.16. The maximum absolute atomic E-state index is 13.3. The van der Waals surface area contributed by atoms with Gasteiger partial charge in [-0.3, -0.25) is 9.48 Å². The number of anilines is 1. The largest absolute Gasteiger partial charge is 0.462 e. The van der Waals surface area contributed by atoms with E-state index in [1.54, 1.807) is 13.8 Å². The number of nitrogens with one attached hydrogen (secondary N) is 1. The molecule has 0 aliphatic heterocycles. The number of rotatable bonds is 7. The zero-order valence-electron chi connectivity index (χ0n) is 15.3. The summed E-state index contributed by atoms with van der Waals surface area (Å²) in [6, 6.07) is 1.37. The molecule has 2 aromatic heterocycles. The van der Waals surface area contributed by atoms with Crippen molar-refractivity contribution in [3.8, 4) is 0 Å². The number of aromatic nitrogens is 2. The number of esters is 1. The molecule has 6 nitrogen and oxygen atoms in total. The lowest BCUT2D eigenvalue weighted by molar-refractivity contribution is -0.117. The number of aryl methyl sites for hydroxylation is 1. The van der Waals surface area contributed by atoms with Crippen LogP contribution in [-0.4, -0.2) is 28.3 Å². The molecule has 1 aliphatic carbocycles. The topological polar surface area (TPSA) is 73.2 Å². The van der Waals surface area contributed by atoms with Crippen molar-refractivity contribution in [2.45, 2.75) is 52.5 Å². The van der Waals surface area contributed by atoms with Gasteiger partial charge in [-0.05, 0) is 45.2 Å². The summed E-state index contributed by atoms with van der Waals surface area (Å²) in [7, 11) is 0. The first-order valence-corrected chi connectivity index (χ1v) is 9.56. The minimum Gasteiger partial charge on any atom is -0.462 e. The summed E-state index contributed by atoms with van der Waals surface area (Å²) in [4.78, 5) is 25.5.